The Labute approximate surface area is 138 Å². The van der Waals surface area contributed by atoms with Crippen molar-refractivity contribution in [3.63, 3.8) is 0 Å². The molecular formula is C19H25N3O. The van der Waals surface area contributed by atoms with Gasteiger partial charge < -0.3 is 4.90 Å². The van der Waals surface area contributed by atoms with Crippen LogP contribution in [0.2, 0.25) is 0 Å². The van der Waals surface area contributed by atoms with Crippen molar-refractivity contribution in [2.45, 2.75) is 57.8 Å². The molecule has 1 aliphatic heterocycles. The summed E-state index contributed by atoms with van der Waals surface area (Å²) in [6, 6.07) is 0. The second-order valence-corrected chi connectivity index (χ2v) is 7.53. The summed E-state index contributed by atoms with van der Waals surface area (Å²) in [5, 5.41) is 0. The topological polar surface area (TPSA) is 46.1 Å². The number of carbonyl (C=O) groups is 1. The molecule has 1 aromatic heterocycles. The van der Waals surface area contributed by atoms with Crippen molar-refractivity contribution in [3.8, 4) is 0 Å². The van der Waals surface area contributed by atoms with E-state index in [0.717, 1.165) is 45.2 Å². The predicted molar refractivity (Wildman–Crippen MR) is 89.1 cm³/mol. The van der Waals surface area contributed by atoms with E-state index in [0.29, 0.717) is 11.8 Å². The fourth-order valence-corrected chi connectivity index (χ4v) is 4.00. The van der Waals surface area contributed by atoms with E-state index in [4.69, 9.17) is 0 Å². The molecule has 1 amide bonds. The van der Waals surface area contributed by atoms with E-state index in [9.17, 15) is 4.79 Å². The quantitative estimate of drug-likeness (QED) is 0.789. The molecule has 23 heavy (non-hydrogen) atoms. The molecule has 0 spiro atoms. The van der Waals surface area contributed by atoms with Crippen LogP contribution in [0, 0.1) is 5.41 Å². The zero-order chi connectivity index (χ0) is 15.9. The molecule has 1 atom stereocenters. The summed E-state index contributed by atoms with van der Waals surface area (Å²) >= 11 is 0. The van der Waals surface area contributed by atoms with E-state index < -0.39 is 0 Å². The lowest BCUT2D eigenvalue weighted by molar-refractivity contribution is -0.141. The minimum atomic E-state index is -0.212. The number of rotatable bonds is 2. The molecule has 122 valence electrons. The predicted octanol–water partition coefficient (Wildman–Crippen LogP) is 3.03. The lowest BCUT2D eigenvalue weighted by atomic mass is 9.77. The van der Waals surface area contributed by atoms with Crippen LogP contribution in [0.3, 0.4) is 0 Å². The van der Waals surface area contributed by atoms with E-state index in [1.165, 1.54) is 29.8 Å². The van der Waals surface area contributed by atoms with Crippen LogP contribution in [0.1, 0.15) is 61.9 Å². The number of hydrogen-bond acceptors (Lipinski definition) is 3. The number of hydrogen-bond donors (Lipinski definition) is 0. The van der Waals surface area contributed by atoms with E-state index in [2.05, 4.69) is 33.9 Å². The van der Waals surface area contributed by atoms with Gasteiger partial charge in [0.1, 0.15) is 6.33 Å². The lowest BCUT2D eigenvalue weighted by Crippen LogP contribution is -2.44. The fourth-order valence-electron chi connectivity index (χ4n) is 4.00. The van der Waals surface area contributed by atoms with Crippen molar-refractivity contribution < 1.29 is 4.79 Å². The minimum absolute atomic E-state index is 0.212. The highest BCUT2D eigenvalue weighted by molar-refractivity contribution is 5.83. The van der Waals surface area contributed by atoms with Gasteiger partial charge in [0.05, 0.1) is 11.1 Å². The zero-order valence-electron chi connectivity index (χ0n) is 13.9. The maximum absolute atomic E-state index is 13.1. The third-order valence-electron chi connectivity index (χ3n) is 5.68. The third-order valence-corrected chi connectivity index (χ3v) is 5.68. The molecule has 3 aliphatic rings. The molecule has 0 aromatic carbocycles. The highest BCUT2D eigenvalue weighted by Crippen LogP contribution is 2.41. The number of nitrogens with zero attached hydrogens (tertiary/aromatic N) is 3. The van der Waals surface area contributed by atoms with E-state index >= 15 is 0 Å². The Morgan fingerprint density at radius 3 is 2.78 bits per heavy atom. The average Bonchev–Trinajstić information content (AvgIpc) is 3.41. The summed E-state index contributed by atoms with van der Waals surface area (Å²) in [5.74, 6) is 0.977. The first-order valence-corrected chi connectivity index (χ1v) is 8.94. The second kappa shape index (κ2) is 5.73. The molecule has 0 saturated heterocycles. The van der Waals surface area contributed by atoms with E-state index in [1.807, 2.05) is 0 Å². The molecule has 1 unspecified atom stereocenters. The number of fused-ring (bicyclic) bond motifs is 1. The number of carbonyl (C=O) groups excluding carboxylic acids is 1. The Bertz CT molecular complexity index is 650. The van der Waals surface area contributed by atoms with Gasteiger partial charge in [0.2, 0.25) is 5.91 Å². The largest absolute Gasteiger partial charge is 0.341 e. The van der Waals surface area contributed by atoms with Gasteiger partial charge in [0.15, 0.2) is 0 Å². The Morgan fingerprint density at radius 1 is 1.22 bits per heavy atom. The molecule has 1 aromatic rings. The van der Waals surface area contributed by atoms with E-state index in [-0.39, 0.29) is 5.41 Å². The standard InChI is InChI=1S/C19H25N3O/c1-19(9-3-2-4-10-19)18(23)22-11-7-15-16(8-12-22)20-13-21-17(15)14-5-6-14/h2-3,13-14H,4-12H2,1H3. The van der Waals surface area contributed by atoms with Gasteiger partial charge >= 0.3 is 0 Å². The molecule has 2 aliphatic carbocycles. The van der Waals surface area contributed by atoms with Gasteiger partial charge in [-0.2, -0.15) is 0 Å². The van der Waals surface area contributed by atoms with Gasteiger partial charge in [-0.05, 0) is 44.1 Å². The first kappa shape index (κ1) is 14.9. The zero-order valence-corrected chi connectivity index (χ0v) is 13.9. The van der Waals surface area contributed by atoms with Crippen LogP contribution in [-0.4, -0.2) is 33.9 Å². The first-order chi connectivity index (χ1) is 11.2. The molecule has 4 heteroatoms. The smallest absolute Gasteiger partial charge is 0.228 e. The minimum Gasteiger partial charge on any atom is -0.341 e. The summed E-state index contributed by atoms with van der Waals surface area (Å²) in [6.07, 6.45) is 13.3. The number of amides is 1. The SMILES string of the molecule is CC1(C(=O)N2CCc3ncnc(C4CC4)c3CC2)CC=CCC1. The first-order valence-electron chi connectivity index (χ1n) is 8.94. The molecule has 0 N–H and O–H groups in total. The van der Waals surface area contributed by atoms with Crippen molar-refractivity contribution in [1.82, 2.24) is 14.9 Å². The summed E-state index contributed by atoms with van der Waals surface area (Å²) in [6.45, 7) is 3.75. The van der Waals surface area contributed by atoms with Crippen molar-refractivity contribution in [2.24, 2.45) is 5.41 Å². The summed E-state index contributed by atoms with van der Waals surface area (Å²) < 4.78 is 0. The highest BCUT2D eigenvalue weighted by atomic mass is 16.2. The van der Waals surface area contributed by atoms with Gasteiger partial charge in [-0.3, -0.25) is 4.79 Å². The average molecular weight is 311 g/mol. The van der Waals surface area contributed by atoms with Crippen LogP contribution < -0.4 is 0 Å². The summed E-state index contributed by atoms with van der Waals surface area (Å²) in [5.41, 5.74) is 3.55. The van der Waals surface area contributed by atoms with Crippen LogP contribution in [0.5, 0.6) is 0 Å². The third kappa shape index (κ3) is 2.79. The van der Waals surface area contributed by atoms with Crippen molar-refractivity contribution in [3.05, 3.63) is 35.4 Å². The summed E-state index contributed by atoms with van der Waals surface area (Å²) in [7, 11) is 0. The molecular weight excluding hydrogens is 286 g/mol. The highest BCUT2D eigenvalue weighted by Gasteiger charge is 2.37. The molecule has 4 rings (SSSR count). The lowest BCUT2D eigenvalue weighted by Gasteiger charge is -2.35. The van der Waals surface area contributed by atoms with E-state index in [1.54, 1.807) is 6.33 Å². The van der Waals surface area contributed by atoms with Crippen LogP contribution >= 0.6 is 0 Å². The fraction of sp³-hybridized carbons (Fsp3) is 0.632. The second-order valence-electron chi connectivity index (χ2n) is 7.53. The molecule has 0 radical (unpaired) electrons. The Kier molecular flexibility index (Phi) is 3.70. The van der Waals surface area contributed by atoms with Gasteiger partial charge in [-0.15, -0.1) is 0 Å². The van der Waals surface area contributed by atoms with Crippen LogP contribution in [-0.2, 0) is 17.6 Å². The number of aromatic nitrogens is 2. The van der Waals surface area contributed by atoms with Gasteiger partial charge in [-0.25, -0.2) is 9.97 Å². The Hall–Kier alpha value is -1.71. The Balaban J connectivity index is 1.53. The normalized spacial score (nSPS) is 27.4. The monoisotopic (exact) mass is 311 g/mol. The van der Waals surface area contributed by atoms with Crippen LogP contribution in [0.4, 0.5) is 0 Å². The molecule has 4 nitrogen and oxygen atoms in total. The summed E-state index contributed by atoms with van der Waals surface area (Å²) in [4.78, 5) is 24.2. The maximum atomic E-state index is 13.1. The Morgan fingerprint density at radius 2 is 2.04 bits per heavy atom. The van der Waals surface area contributed by atoms with Gasteiger partial charge in [0.25, 0.3) is 0 Å². The van der Waals surface area contributed by atoms with Crippen molar-refractivity contribution in [1.29, 1.82) is 0 Å². The molecule has 2 heterocycles. The molecule has 0 bridgehead atoms. The van der Waals surface area contributed by atoms with Crippen LogP contribution in [0.15, 0.2) is 18.5 Å². The van der Waals surface area contributed by atoms with Crippen molar-refractivity contribution in [2.75, 3.05) is 13.1 Å². The van der Waals surface area contributed by atoms with Crippen molar-refractivity contribution >= 4 is 5.91 Å². The maximum Gasteiger partial charge on any atom is 0.228 e. The molecule has 1 fully saturated rings. The van der Waals surface area contributed by atoms with Crippen LogP contribution in [0.25, 0.3) is 0 Å². The van der Waals surface area contributed by atoms with Gasteiger partial charge in [0, 0.05) is 31.1 Å². The number of allylic oxidation sites excluding steroid dienone is 2. The molecule has 1 saturated carbocycles. The van der Waals surface area contributed by atoms with Gasteiger partial charge in [-0.1, -0.05) is 19.1 Å².